The molecule has 2 heterocycles. The SMILES string of the molecule is Clc1cccc(Cl)c1/C=N/Nc1nnc(-c2cccnc2)s1. The molecule has 0 saturated carbocycles. The largest absolute Gasteiger partial charge is 0.264 e. The highest BCUT2D eigenvalue weighted by Gasteiger charge is 2.06. The van der Waals surface area contributed by atoms with Gasteiger partial charge in [0.2, 0.25) is 5.13 Å². The van der Waals surface area contributed by atoms with Crippen LogP contribution in [0.2, 0.25) is 10.0 Å². The van der Waals surface area contributed by atoms with Gasteiger partial charge in [0.05, 0.1) is 16.3 Å². The van der Waals surface area contributed by atoms with Crippen LogP contribution in [0.4, 0.5) is 5.13 Å². The molecule has 5 nitrogen and oxygen atoms in total. The number of hydrazone groups is 1. The maximum absolute atomic E-state index is 6.06. The van der Waals surface area contributed by atoms with E-state index in [1.807, 2.05) is 12.1 Å². The van der Waals surface area contributed by atoms with Crippen LogP contribution in [0.25, 0.3) is 10.6 Å². The van der Waals surface area contributed by atoms with Crippen molar-refractivity contribution in [1.29, 1.82) is 0 Å². The average molecular weight is 350 g/mol. The number of hydrogen-bond donors (Lipinski definition) is 1. The molecule has 2 aromatic heterocycles. The lowest BCUT2D eigenvalue weighted by molar-refractivity contribution is 1.08. The van der Waals surface area contributed by atoms with Crippen molar-refractivity contribution in [2.45, 2.75) is 0 Å². The zero-order valence-electron chi connectivity index (χ0n) is 11.1. The van der Waals surface area contributed by atoms with Crippen LogP contribution < -0.4 is 5.43 Å². The molecule has 0 radical (unpaired) electrons. The van der Waals surface area contributed by atoms with Gasteiger partial charge in [-0.25, -0.2) is 0 Å². The summed E-state index contributed by atoms with van der Waals surface area (Å²) in [6.45, 7) is 0. The number of pyridine rings is 1. The number of rotatable bonds is 4. The Morgan fingerprint density at radius 2 is 1.91 bits per heavy atom. The van der Waals surface area contributed by atoms with E-state index in [4.69, 9.17) is 23.2 Å². The zero-order valence-corrected chi connectivity index (χ0v) is 13.4. The van der Waals surface area contributed by atoms with E-state index in [0.29, 0.717) is 20.7 Å². The molecule has 1 N–H and O–H groups in total. The van der Waals surface area contributed by atoms with Gasteiger partial charge in [-0.05, 0) is 24.3 Å². The van der Waals surface area contributed by atoms with Gasteiger partial charge >= 0.3 is 0 Å². The molecule has 0 amide bonds. The molecular formula is C14H9Cl2N5S. The highest BCUT2D eigenvalue weighted by molar-refractivity contribution is 7.18. The van der Waals surface area contributed by atoms with E-state index in [-0.39, 0.29) is 0 Å². The minimum atomic E-state index is 0.534. The van der Waals surface area contributed by atoms with E-state index in [2.05, 4.69) is 25.7 Å². The summed E-state index contributed by atoms with van der Waals surface area (Å²) in [7, 11) is 0. The van der Waals surface area contributed by atoms with Crippen molar-refractivity contribution in [3.8, 4) is 10.6 Å². The third-order valence-corrected chi connectivity index (χ3v) is 4.22. The molecule has 0 aliphatic heterocycles. The van der Waals surface area contributed by atoms with Crippen LogP contribution in [-0.4, -0.2) is 21.4 Å². The third kappa shape index (κ3) is 3.41. The van der Waals surface area contributed by atoms with Crippen LogP contribution in [-0.2, 0) is 0 Å². The number of hydrogen-bond acceptors (Lipinski definition) is 6. The number of nitrogens with one attached hydrogen (secondary N) is 1. The minimum Gasteiger partial charge on any atom is -0.264 e. The van der Waals surface area contributed by atoms with Gasteiger partial charge in [-0.2, -0.15) is 5.10 Å². The summed E-state index contributed by atoms with van der Waals surface area (Å²) in [6, 6.07) is 9.05. The van der Waals surface area contributed by atoms with Gasteiger partial charge in [-0.3, -0.25) is 10.4 Å². The predicted octanol–water partition coefficient (Wildman–Crippen LogP) is 4.35. The fraction of sp³-hybridized carbons (Fsp3) is 0. The standard InChI is InChI=1S/C14H9Cl2N5S/c15-11-4-1-5-12(16)10(11)8-18-20-14-21-19-13(22-14)9-3-2-6-17-7-9/h1-8H,(H,20,21)/b18-8+. The molecule has 110 valence electrons. The van der Waals surface area contributed by atoms with E-state index in [9.17, 15) is 0 Å². The Hall–Kier alpha value is -2.02. The molecule has 3 rings (SSSR count). The van der Waals surface area contributed by atoms with Crippen molar-refractivity contribution in [3.05, 3.63) is 58.3 Å². The Bertz CT molecular complexity index is 784. The maximum Gasteiger partial charge on any atom is 0.226 e. The second-order valence-corrected chi connectivity index (χ2v) is 5.95. The van der Waals surface area contributed by atoms with Gasteiger partial charge in [-0.15, -0.1) is 10.2 Å². The monoisotopic (exact) mass is 349 g/mol. The number of halogens is 2. The Balaban J connectivity index is 1.72. The maximum atomic E-state index is 6.06. The lowest BCUT2D eigenvalue weighted by Gasteiger charge is -1.99. The fourth-order valence-corrected chi connectivity index (χ4v) is 2.84. The molecule has 0 spiro atoms. The number of aromatic nitrogens is 3. The first-order valence-corrected chi connectivity index (χ1v) is 7.78. The Morgan fingerprint density at radius 3 is 2.64 bits per heavy atom. The van der Waals surface area contributed by atoms with Crippen LogP contribution >= 0.6 is 34.5 Å². The first-order valence-electron chi connectivity index (χ1n) is 6.21. The molecule has 1 aromatic carbocycles. The first kappa shape index (κ1) is 14.9. The number of nitrogens with zero attached hydrogens (tertiary/aromatic N) is 4. The van der Waals surface area contributed by atoms with Gasteiger partial charge in [0.25, 0.3) is 0 Å². The highest BCUT2D eigenvalue weighted by Crippen LogP contribution is 2.26. The smallest absolute Gasteiger partial charge is 0.226 e. The number of anilines is 1. The molecule has 8 heteroatoms. The molecule has 0 aliphatic rings. The minimum absolute atomic E-state index is 0.534. The van der Waals surface area contributed by atoms with Crippen molar-refractivity contribution in [2.24, 2.45) is 5.10 Å². The van der Waals surface area contributed by atoms with Crippen molar-refractivity contribution in [2.75, 3.05) is 5.43 Å². The Labute approximate surface area is 140 Å². The van der Waals surface area contributed by atoms with E-state index < -0.39 is 0 Å². The third-order valence-electron chi connectivity index (χ3n) is 2.69. The topological polar surface area (TPSA) is 63.1 Å². The van der Waals surface area contributed by atoms with Crippen LogP contribution in [0.1, 0.15) is 5.56 Å². The summed E-state index contributed by atoms with van der Waals surface area (Å²) >= 11 is 13.5. The summed E-state index contributed by atoms with van der Waals surface area (Å²) in [6.07, 6.45) is 4.99. The summed E-state index contributed by atoms with van der Waals surface area (Å²) in [4.78, 5) is 4.05. The van der Waals surface area contributed by atoms with Crippen LogP contribution in [0.15, 0.2) is 47.8 Å². The van der Waals surface area contributed by atoms with Crippen molar-refractivity contribution >= 4 is 45.9 Å². The Kier molecular flexibility index (Phi) is 4.62. The van der Waals surface area contributed by atoms with Gasteiger partial charge in [0.15, 0.2) is 5.01 Å². The summed E-state index contributed by atoms with van der Waals surface area (Å²) in [5.41, 5.74) is 4.37. The van der Waals surface area contributed by atoms with Gasteiger partial charge in [-0.1, -0.05) is 40.6 Å². The van der Waals surface area contributed by atoms with Crippen molar-refractivity contribution < 1.29 is 0 Å². The summed E-state index contributed by atoms with van der Waals surface area (Å²) in [5.74, 6) is 0. The molecule has 0 aliphatic carbocycles. The lowest BCUT2D eigenvalue weighted by atomic mass is 10.2. The van der Waals surface area contributed by atoms with E-state index in [1.54, 1.807) is 36.8 Å². The molecule has 0 bridgehead atoms. The Morgan fingerprint density at radius 1 is 1.09 bits per heavy atom. The summed E-state index contributed by atoms with van der Waals surface area (Å²) in [5, 5.41) is 14.6. The highest BCUT2D eigenvalue weighted by atomic mass is 35.5. The lowest BCUT2D eigenvalue weighted by Crippen LogP contribution is -1.91. The molecule has 0 fully saturated rings. The van der Waals surface area contributed by atoms with Crippen molar-refractivity contribution in [1.82, 2.24) is 15.2 Å². The molecule has 22 heavy (non-hydrogen) atoms. The second-order valence-electron chi connectivity index (χ2n) is 4.16. The van der Waals surface area contributed by atoms with Gasteiger partial charge in [0, 0.05) is 23.5 Å². The number of benzene rings is 1. The normalized spacial score (nSPS) is 11.0. The molecule has 0 atom stereocenters. The second kappa shape index (κ2) is 6.83. The van der Waals surface area contributed by atoms with E-state index in [0.717, 1.165) is 10.6 Å². The quantitative estimate of drug-likeness (QED) is 0.561. The van der Waals surface area contributed by atoms with Crippen LogP contribution in [0, 0.1) is 0 Å². The van der Waals surface area contributed by atoms with Crippen molar-refractivity contribution in [3.63, 3.8) is 0 Å². The van der Waals surface area contributed by atoms with Gasteiger partial charge in [0.1, 0.15) is 0 Å². The van der Waals surface area contributed by atoms with E-state index >= 15 is 0 Å². The average Bonchev–Trinajstić information content (AvgIpc) is 3.00. The van der Waals surface area contributed by atoms with Crippen LogP contribution in [0.5, 0.6) is 0 Å². The first-order chi connectivity index (χ1) is 10.7. The molecular weight excluding hydrogens is 341 g/mol. The van der Waals surface area contributed by atoms with E-state index in [1.165, 1.54) is 11.3 Å². The predicted molar refractivity (Wildman–Crippen MR) is 90.8 cm³/mol. The molecule has 0 unspecified atom stereocenters. The molecule has 3 aromatic rings. The molecule has 0 saturated heterocycles. The van der Waals surface area contributed by atoms with Crippen LogP contribution in [0.3, 0.4) is 0 Å². The summed E-state index contributed by atoms with van der Waals surface area (Å²) < 4.78 is 0. The zero-order chi connectivity index (χ0) is 15.4. The van der Waals surface area contributed by atoms with Gasteiger partial charge < -0.3 is 0 Å². The fourth-order valence-electron chi connectivity index (χ4n) is 1.66.